The number of hydrogen-bond donors (Lipinski definition) is 1. The molecule has 1 aliphatic heterocycles. The lowest BCUT2D eigenvalue weighted by molar-refractivity contribution is 0.322. The van der Waals surface area contributed by atoms with Gasteiger partial charge in [-0.1, -0.05) is 5.57 Å². The zero-order valence-corrected chi connectivity index (χ0v) is 6.85. The van der Waals surface area contributed by atoms with Crippen molar-refractivity contribution in [2.24, 2.45) is 0 Å². The summed E-state index contributed by atoms with van der Waals surface area (Å²) in [6.45, 7) is 8.86. The molecular weight excluding hydrogens is 124 g/mol. The molecule has 1 N–H and O–H groups in total. The van der Waals surface area contributed by atoms with Crippen LogP contribution in [0.1, 0.15) is 13.8 Å². The van der Waals surface area contributed by atoms with E-state index in [9.17, 15) is 0 Å². The van der Waals surface area contributed by atoms with Gasteiger partial charge in [0.1, 0.15) is 0 Å². The summed E-state index contributed by atoms with van der Waals surface area (Å²) in [5, 5.41) is 3.32. The van der Waals surface area contributed by atoms with E-state index in [0.29, 0.717) is 0 Å². The van der Waals surface area contributed by atoms with Crippen LogP contribution in [0.3, 0.4) is 0 Å². The Morgan fingerprint density at radius 3 is 2.40 bits per heavy atom. The fraction of sp³-hybridized carbons (Fsp3) is 0.750. The van der Waals surface area contributed by atoms with E-state index in [4.69, 9.17) is 0 Å². The average molecular weight is 140 g/mol. The predicted molar refractivity (Wildman–Crippen MR) is 43.9 cm³/mol. The minimum Gasteiger partial charge on any atom is -0.375 e. The van der Waals surface area contributed by atoms with Gasteiger partial charge in [-0.3, -0.25) is 0 Å². The maximum absolute atomic E-state index is 3.32. The molecule has 0 spiro atoms. The highest BCUT2D eigenvalue weighted by atomic mass is 15.2. The molecule has 1 heterocycles. The molecule has 0 aromatic carbocycles. The highest BCUT2D eigenvalue weighted by Gasteiger charge is 2.03. The van der Waals surface area contributed by atoms with E-state index in [1.807, 2.05) is 0 Å². The second-order valence-corrected chi connectivity index (χ2v) is 2.99. The normalized spacial score (nSPS) is 18.8. The first-order valence-corrected chi connectivity index (χ1v) is 3.89. The molecule has 1 aliphatic rings. The number of nitrogens with zero attached hydrogens (tertiary/aromatic N) is 1. The van der Waals surface area contributed by atoms with E-state index < -0.39 is 0 Å². The number of hydrogen-bond acceptors (Lipinski definition) is 2. The second-order valence-electron chi connectivity index (χ2n) is 2.99. The summed E-state index contributed by atoms with van der Waals surface area (Å²) in [6, 6.07) is 0. The van der Waals surface area contributed by atoms with Crippen molar-refractivity contribution < 1.29 is 0 Å². The first-order chi connectivity index (χ1) is 4.79. The van der Waals surface area contributed by atoms with Crippen molar-refractivity contribution in [3.05, 3.63) is 11.8 Å². The summed E-state index contributed by atoms with van der Waals surface area (Å²) >= 11 is 0. The Morgan fingerprint density at radius 1 is 1.30 bits per heavy atom. The molecular formula is C8H16N2. The fourth-order valence-corrected chi connectivity index (χ4v) is 1.18. The largest absolute Gasteiger partial charge is 0.375 e. The van der Waals surface area contributed by atoms with Gasteiger partial charge in [0, 0.05) is 26.2 Å². The molecule has 1 rings (SSSR count). The molecule has 0 aromatic heterocycles. The van der Waals surface area contributed by atoms with Gasteiger partial charge in [-0.2, -0.15) is 0 Å². The summed E-state index contributed by atoms with van der Waals surface area (Å²) in [4.78, 5) is 2.37. The van der Waals surface area contributed by atoms with E-state index >= 15 is 0 Å². The highest BCUT2D eigenvalue weighted by molar-refractivity contribution is 4.93. The van der Waals surface area contributed by atoms with Crippen LogP contribution in [0.4, 0.5) is 0 Å². The van der Waals surface area contributed by atoms with Crippen molar-refractivity contribution in [3.63, 3.8) is 0 Å². The van der Waals surface area contributed by atoms with Crippen molar-refractivity contribution in [2.75, 3.05) is 26.2 Å². The van der Waals surface area contributed by atoms with Crippen LogP contribution in [0.2, 0.25) is 0 Å². The molecule has 2 heteroatoms. The molecule has 10 heavy (non-hydrogen) atoms. The number of allylic oxidation sites excluding steroid dienone is 1. The minimum absolute atomic E-state index is 1.13. The lowest BCUT2D eigenvalue weighted by Crippen LogP contribution is -2.40. The van der Waals surface area contributed by atoms with Crippen LogP contribution in [-0.4, -0.2) is 31.1 Å². The van der Waals surface area contributed by atoms with Gasteiger partial charge in [-0.25, -0.2) is 0 Å². The van der Waals surface area contributed by atoms with E-state index in [1.54, 1.807) is 0 Å². The van der Waals surface area contributed by atoms with Gasteiger partial charge in [-0.15, -0.1) is 0 Å². The van der Waals surface area contributed by atoms with Gasteiger partial charge in [0.05, 0.1) is 0 Å². The average Bonchev–Trinajstić information content (AvgIpc) is 1.88. The van der Waals surface area contributed by atoms with Crippen LogP contribution in [0, 0.1) is 0 Å². The van der Waals surface area contributed by atoms with Crippen LogP contribution < -0.4 is 5.32 Å². The number of nitrogens with one attached hydrogen (secondary N) is 1. The van der Waals surface area contributed by atoms with E-state index in [1.165, 1.54) is 5.57 Å². The van der Waals surface area contributed by atoms with Crippen molar-refractivity contribution in [1.82, 2.24) is 10.2 Å². The molecule has 0 saturated carbocycles. The molecule has 0 radical (unpaired) electrons. The van der Waals surface area contributed by atoms with Gasteiger partial charge < -0.3 is 10.2 Å². The lowest BCUT2D eigenvalue weighted by Gasteiger charge is -2.26. The molecule has 0 amide bonds. The van der Waals surface area contributed by atoms with Crippen LogP contribution in [-0.2, 0) is 0 Å². The fourth-order valence-electron chi connectivity index (χ4n) is 1.18. The Bertz CT molecular complexity index is 119. The highest BCUT2D eigenvalue weighted by Crippen LogP contribution is 1.97. The minimum atomic E-state index is 1.13. The molecule has 2 nitrogen and oxygen atoms in total. The SMILES string of the molecule is CC(C)=CN1CCNCC1. The van der Waals surface area contributed by atoms with Crippen molar-refractivity contribution >= 4 is 0 Å². The third-order valence-corrected chi connectivity index (χ3v) is 1.59. The van der Waals surface area contributed by atoms with Gasteiger partial charge in [0.15, 0.2) is 0 Å². The third-order valence-electron chi connectivity index (χ3n) is 1.59. The van der Waals surface area contributed by atoms with E-state index in [-0.39, 0.29) is 0 Å². The Kier molecular flexibility index (Phi) is 2.75. The van der Waals surface area contributed by atoms with Crippen molar-refractivity contribution in [1.29, 1.82) is 0 Å². The van der Waals surface area contributed by atoms with Crippen molar-refractivity contribution in [2.45, 2.75) is 13.8 Å². The summed E-state index contributed by atoms with van der Waals surface area (Å²) in [7, 11) is 0. The van der Waals surface area contributed by atoms with Crippen molar-refractivity contribution in [3.8, 4) is 0 Å². The van der Waals surface area contributed by atoms with Crippen LogP contribution in [0.5, 0.6) is 0 Å². The van der Waals surface area contributed by atoms with Crippen LogP contribution >= 0.6 is 0 Å². The Balaban J connectivity index is 2.33. The maximum atomic E-state index is 3.32. The second kappa shape index (κ2) is 3.62. The maximum Gasteiger partial charge on any atom is 0.0298 e. The van der Waals surface area contributed by atoms with Crippen LogP contribution in [0.25, 0.3) is 0 Å². The first kappa shape index (κ1) is 7.61. The summed E-state index contributed by atoms with van der Waals surface area (Å²) in [5.41, 5.74) is 1.39. The van der Waals surface area contributed by atoms with Gasteiger partial charge in [0.25, 0.3) is 0 Å². The monoisotopic (exact) mass is 140 g/mol. The Labute approximate surface area is 62.9 Å². The summed E-state index contributed by atoms with van der Waals surface area (Å²) < 4.78 is 0. The molecule has 58 valence electrons. The molecule has 0 aromatic rings. The number of rotatable bonds is 1. The summed E-state index contributed by atoms with van der Waals surface area (Å²) in [5.74, 6) is 0. The van der Waals surface area contributed by atoms with Gasteiger partial charge in [-0.05, 0) is 20.0 Å². The zero-order chi connectivity index (χ0) is 7.40. The lowest BCUT2D eigenvalue weighted by atomic mass is 10.3. The summed E-state index contributed by atoms with van der Waals surface area (Å²) in [6.07, 6.45) is 2.24. The predicted octanol–water partition coefficient (Wildman–Crippen LogP) is 0.815. The number of piperazine rings is 1. The zero-order valence-electron chi connectivity index (χ0n) is 6.85. The third kappa shape index (κ3) is 2.40. The molecule has 0 atom stereocenters. The molecule has 0 bridgehead atoms. The quantitative estimate of drug-likeness (QED) is 0.580. The molecule has 1 fully saturated rings. The van der Waals surface area contributed by atoms with E-state index in [2.05, 4.69) is 30.3 Å². The molecule has 1 saturated heterocycles. The Morgan fingerprint density at radius 2 is 1.90 bits per heavy atom. The molecule has 0 unspecified atom stereocenters. The van der Waals surface area contributed by atoms with Gasteiger partial charge in [0.2, 0.25) is 0 Å². The first-order valence-electron chi connectivity index (χ1n) is 3.89. The molecule has 0 aliphatic carbocycles. The Hall–Kier alpha value is -0.500. The van der Waals surface area contributed by atoms with E-state index in [0.717, 1.165) is 26.2 Å². The standard InChI is InChI=1S/C8H16N2/c1-8(2)7-10-5-3-9-4-6-10/h7,9H,3-6H2,1-2H3. The smallest absolute Gasteiger partial charge is 0.0298 e. The topological polar surface area (TPSA) is 15.3 Å². The van der Waals surface area contributed by atoms with Crippen LogP contribution in [0.15, 0.2) is 11.8 Å². The van der Waals surface area contributed by atoms with Gasteiger partial charge >= 0.3 is 0 Å².